The molecule has 0 saturated carbocycles. The van der Waals surface area contributed by atoms with Gasteiger partial charge in [0.2, 0.25) is 0 Å². The third kappa shape index (κ3) is 25.9. The molecule has 5 fully saturated rings. The molecule has 0 amide bonds. The Morgan fingerprint density at radius 3 is 1.25 bits per heavy atom. The van der Waals surface area contributed by atoms with Crippen molar-refractivity contribution in [1.29, 1.82) is 0 Å². The summed E-state index contributed by atoms with van der Waals surface area (Å²) in [5.74, 6) is 3.72. The van der Waals surface area contributed by atoms with Gasteiger partial charge in [-0.25, -0.2) is 0 Å². The molecule has 24 heteroatoms. The number of ketones is 3. The molecule has 3 aromatic heterocycles. The maximum Gasteiger partial charge on any atom is 0.264 e. The molecule has 5 unspecified atom stereocenters. The number of ether oxygens (including phenoxy) is 7. The van der Waals surface area contributed by atoms with E-state index in [-0.39, 0.29) is 73.2 Å². The smallest absolute Gasteiger partial charge is 0.264 e. The quantitative estimate of drug-likeness (QED) is 0.0552. The summed E-state index contributed by atoms with van der Waals surface area (Å²) in [6.45, 7) is 33.1. The van der Waals surface area contributed by atoms with Crippen molar-refractivity contribution in [3.05, 3.63) is 52.6 Å². The number of nitrogens with zero attached hydrogens (tertiary/aromatic N) is 5. The molecule has 8 rings (SSSR count). The van der Waals surface area contributed by atoms with Gasteiger partial charge in [-0.2, -0.15) is 8.42 Å². The number of aliphatic hydroxyl groups excluding tert-OH is 1. The number of nitrogens with one attached hydrogen (secondary N) is 1. The van der Waals surface area contributed by atoms with Crippen molar-refractivity contribution in [3.8, 4) is 0 Å². The molecule has 8 heterocycles. The molecule has 5 saturated heterocycles. The van der Waals surface area contributed by atoms with Crippen LogP contribution in [0.25, 0.3) is 0 Å². The van der Waals surface area contributed by atoms with E-state index in [2.05, 4.69) is 62.5 Å². The van der Waals surface area contributed by atoms with Crippen LogP contribution in [0.1, 0.15) is 194 Å². The van der Waals surface area contributed by atoms with Gasteiger partial charge in [-0.1, -0.05) is 57.0 Å². The first-order valence-electron chi connectivity index (χ1n) is 33.4. The van der Waals surface area contributed by atoms with Gasteiger partial charge in [-0.3, -0.25) is 28.4 Å². The minimum Gasteiger partial charge on any atom is -0.395 e. The van der Waals surface area contributed by atoms with Crippen molar-refractivity contribution in [2.45, 2.75) is 225 Å². The summed E-state index contributed by atoms with van der Waals surface area (Å²) in [4.78, 5) is 42.4. The van der Waals surface area contributed by atoms with Gasteiger partial charge < -0.3 is 57.2 Å². The van der Waals surface area contributed by atoms with E-state index >= 15 is 0 Å². The molecule has 0 spiro atoms. The Morgan fingerprint density at radius 2 is 0.924 bits per heavy atom. The van der Waals surface area contributed by atoms with Crippen molar-refractivity contribution in [3.63, 3.8) is 0 Å². The molecule has 5 aliphatic heterocycles. The molecular formula is C68H116N6O17S. The number of aromatic nitrogens is 3. The molecule has 0 aromatic carbocycles. The lowest BCUT2D eigenvalue weighted by molar-refractivity contribution is -0.170. The Labute approximate surface area is 549 Å². The zero-order chi connectivity index (χ0) is 68.0. The summed E-state index contributed by atoms with van der Waals surface area (Å²) in [5.41, 5.74) is -0.537. The fraction of sp³-hybridized carbons (Fsp3) is 0.824. The van der Waals surface area contributed by atoms with Crippen LogP contribution in [0.3, 0.4) is 0 Å². The molecule has 5 atom stereocenters. The second-order valence-electron chi connectivity index (χ2n) is 29.3. The van der Waals surface area contributed by atoms with E-state index in [4.69, 9.17) is 46.7 Å². The van der Waals surface area contributed by atoms with E-state index in [1.165, 1.54) is 0 Å². The van der Waals surface area contributed by atoms with Crippen LogP contribution in [0.2, 0.25) is 0 Å². The number of Topliss-reactive ketones (excluding diaryl/α,β-unsaturated/α-hetero) is 3. The Morgan fingerprint density at radius 1 is 0.554 bits per heavy atom. The lowest BCUT2D eigenvalue weighted by atomic mass is 9.89. The maximum absolute atomic E-state index is 13.1. The monoisotopic (exact) mass is 1320 g/mol. The minimum atomic E-state index is -3.26. The van der Waals surface area contributed by atoms with Gasteiger partial charge in [-0.15, -0.1) is 0 Å². The molecule has 5 aliphatic rings. The SMILES string of the molecule is CN(CCC1CCOC1)C(C)(C)C(=O)Cc1cc(C(C)(C)CO)no1.CN(CCC1CCOC1)C(C)(C)C(=O)Cc1cc(C(C)(C)COC2CCCCO2)no1.CNC(C)(C)C(=O)Cc1cc(C(C)(C)COC2CCCCO2)no1.CS(=O)(=O)OCCC1CCOC1. The molecule has 3 aromatic rings. The first kappa shape index (κ1) is 78.8. The van der Waals surface area contributed by atoms with Crippen molar-refractivity contribution in [1.82, 2.24) is 30.6 Å². The Bertz CT molecular complexity index is 2760. The van der Waals surface area contributed by atoms with Crippen LogP contribution < -0.4 is 5.32 Å². The molecule has 0 bridgehead atoms. The van der Waals surface area contributed by atoms with Crippen LogP contribution in [0, 0.1) is 17.8 Å². The first-order valence-corrected chi connectivity index (χ1v) is 35.2. The van der Waals surface area contributed by atoms with Crippen LogP contribution in [0.5, 0.6) is 0 Å². The van der Waals surface area contributed by atoms with E-state index in [0.29, 0.717) is 53.9 Å². The highest BCUT2D eigenvalue weighted by Gasteiger charge is 2.37. The number of hydrogen-bond donors (Lipinski definition) is 2. The zero-order valence-corrected chi connectivity index (χ0v) is 59.6. The number of carbonyl (C=O) groups is 3. The summed E-state index contributed by atoms with van der Waals surface area (Å²) >= 11 is 0. The minimum absolute atomic E-state index is 0.0218. The van der Waals surface area contributed by atoms with Crippen molar-refractivity contribution < 1.29 is 78.8 Å². The Balaban J connectivity index is 0.000000231. The van der Waals surface area contributed by atoms with Gasteiger partial charge in [0.05, 0.1) is 85.6 Å². The molecule has 23 nitrogen and oxygen atoms in total. The highest BCUT2D eigenvalue weighted by molar-refractivity contribution is 7.85. The fourth-order valence-corrected chi connectivity index (χ4v) is 10.9. The largest absolute Gasteiger partial charge is 0.395 e. The van der Waals surface area contributed by atoms with Gasteiger partial charge in [-0.05, 0) is 171 Å². The van der Waals surface area contributed by atoms with Crippen molar-refractivity contribution in [2.75, 3.05) is 120 Å². The third-order valence-corrected chi connectivity index (χ3v) is 19.5. The zero-order valence-electron chi connectivity index (χ0n) is 58.7. The van der Waals surface area contributed by atoms with Gasteiger partial charge >= 0.3 is 0 Å². The molecule has 92 heavy (non-hydrogen) atoms. The fourth-order valence-electron chi connectivity index (χ4n) is 10.5. The normalized spacial score (nSPS) is 21.1. The van der Waals surface area contributed by atoms with Crippen molar-refractivity contribution in [2.24, 2.45) is 17.8 Å². The number of rotatable bonds is 32. The molecule has 2 N–H and O–H groups in total. The summed E-state index contributed by atoms with van der Waals surface area (Å²) in [6, 6.07) is 5.53. The van der Waals surface area contributed by atoms with Crippen LogP contribution in [-0.4, -0.2) is 205 Å². The highest BCUT2D eigenvalue weighted by atomic mass is 32.2. The maximum atomic E-state index is 13.1. The molecular weight excluding hydrogens is 1200 g/mol. The van der Waals surface area contributed by atoms with Crippen LogP contribution in [0.15, 0.2) is 31.8 Å². The van der Waals surface area contributed by atoms with E-state index in [0.717, 1.165) is 161 Å². The van der Waals surface area contributed by atoms with E-state index < -0.39 is 32.1 Å². The number of aliphatic hydroxyl groups is 1. The second-order valence-corrected chi connectivity index (χ2v) is 30.9. The van der Waals surface area contributed by atoms with Crippen LogP contribution in [-0.2, 0) is 97.4 Å². The predicted molar refractivity (Wildman–Crippen MR) is 349 cm³/mol. The summed E-state index contributed by atoms with van der Waals surface area (Å²) < 4.78 is 81.1. The molecule has 526 valence electrons. The second kappa shape index (κ2) is 36.5. The Hall–Kier alpha value is -3.89. The Kier molecular flexibility index (Phi) is 31.2. The van der Waals surface area contributed by atoms with E-state index in [1.54, 1.807) is 13.1 Å². The lowest BCUT2D eigenvalue weighted by Crippen LogP contribution is -2.49. The van der Waals surface area contributed by atoms with E-state index in [9.17, 15) is 27.9 Å². The average Bonchev–Trinajstić information content (AvgIpc) is 1.79. The number of likely N-dealkylation sites (N-methyl/N-ethyl adjacent to an activating group) is 3. The first-order chi connectivity index (χ1) is 43.2. The van der Waals surface area contributed by atoms with Crippen molar-refractivity contribution >= 4 is 27.5 Å². The van der Waals surface area contributed by atoms with Crippen LogP contribution in [0.4, 0.5) is 0 Å². The average molecular weight is 1320 g/mol. The standard InChI is InChI=1S/C24H40N2O5.C19H32N2O4.C18H30N2O4.C7H14O4S/c1-23(2,17-30-22-8-6-7-12-29-22)20-14-19(31-25-20)15-21(27)24(3,4)26(5)11-9-18-10-13-28-16-18;1-18(2,13-22)16-10-15(25-20-16)11-17(23)19(3,4)21(5)8-6-14-7-9-24-12-14;1-17(2,12-23-16-8-6-7-9-22-16)14-10-13(24-20-14)11-15(21)18(3,4)19-5;1-12(8,9)11-5-3-7-2-4-10-6-7/h14,18,22H,6-13,15-17H2,1-5H3;10,14,22H,6-9,11-13H2,1-5H3;10,16,19H,6-9,11-12H2,1-5H3;7H,2-6H2,1H3. The topological polar surface area (TPSA) is 276 Å². The van der Waals surface area contributed by atoms with Gasteiger partial charge in [0, 0.05) is 87.3 Å². The highest BCUT2D eigenvalue weighted by Crippen LogP contribution is 2.30. The molecule has 0 radical (unpaired) electrons. The predicted octanol–water partition coefficient (Wildman–Crippen LogP) is 8.93. The van der Waals surface area contributed by atoms with E-state index in [1.807, 2.05) is 81.6 Å². The number of hydrogen-bond acceptors (Lipinski definition) is 23. The van der Waals surface area contributed by atoms with Gasteiger partial charge in [0.1, 0.15) is 17.3 Å². The van der Waals surface area contributed by atoms with Crippen LogP contribution >= 0.6 is 0 Å². The van der Waals surface area contributed by atoms with Gasteiger partial charge in [0.15, 0.2) is 29.9 Å². The summed E-state index contributed by atoms with van der Waals surface area (Å²) in [7, 11) is 2.53. The lowest BCUT2D eigenvalue weighted by Gasteiger charge is -2.34. The summed E-state index contributed by atoms with van der Waals surface area (Å²) in [5, 5.41) is 24.8. The third-order valence-electron chi connectivity index (χ3n) is 18.9. The number of carbonyl (C=O) groups excluding carboxylic acids is 3. The van der Waals surface area contributed by atoms with Gasteiger partial charge in [0.25, 0.3) is 10.1 Å². The summed E-state index contributed by atoms with van der Waals surface area (Å²) in [6.07, 6.45) is 14.0. The molecule has 0 aliphatic carbocycles.